The first-order valence-electron chi connectivity index (χ1n) is 15.6. The lowest BCUT2D eigenvalue weighted by Crippen LogP contribution is -2.50. The fourth-order valence-electron chi connectivity index (χ4n) is 5.37. The lowest BCUT2D eigenvalue weighted by Gasteiger charge is -2.36. The van der Waals surface area contributed by atoms with Crippen LogP contribution in [0, 0.1) is 11.8 Å². The molecule has 0 aliphatic carbocycles. The van der Waals surface area contributed by atoms with Crippen LogP contribution in [0.3, 0.4) is 0 Å². The highest BCUT2D eigenvalue weighted by molar-refractivity contribution is 5.70. The van der Waals surface area contributed by atoms with E-state index in [1.807, 2.05) is 46.0 Å². The maximum absolute atomic E-state index is 13.0. The van der Waals surface area contributed by atoms with Gasteiger partial charge in [0, 0.05) is 51.1 Å². The first-order chi connectivity index (χ1) is 20.7. The zero-order valence-corrected chi connectivity index (χ0v) is 26.8. The Morgan fingerprint density at radius 1 is 1.09 bits per heavy atom. The van der Waals surface area contributed by atoms with Crippen LogP contribution in [-0.2, 0) is 19.0 Å². The van der Waals surface area contributed by atoms with E-state index in [4.69, 9.17) is 14.2 Å². The molecular formula is C32H51N3O9. The molecule has 12 nitrogen and oxygen atoms in total. The molecule has 0 aromatic rings. The van der Waals surface area contributed by atoms with Crippen LogP contribution in [-0.4, -0.2) is 131 Å². The van der Waals surface area contributed by atoms with Gasteiger partial charge in [-0.25, -0.2) is 9.59 Å². The third kappa shape index (κ3) is 10.9. The van der Waals surface area contributed by atoms with E-state index in [1.165, 1.54) is 4.90 Å². The molecule has 2 fully saturated rings. The number of allylic oxidation sites excluding steroid dienone is 2. The predicted molar refractivity (Wildman–Crippen MR) is 164 cm³/mol. The maximum atomic E-state index is 13.0. The van der Waals surface area contributed by atoms with Crippen LogP contribution in [0.1, 0.15) is 53.4 Å². The molecule has 0 aromatic carbocycles. The number of β-amino-alcohol motifs (C(OH)–C–C–N with tert-alkyl or cyclic N) is 1. The van der Waals surface area contributed by atoms with E-state index in [9.17, 15) is 29.7 Å². The molecule has 3 heterocycles. The number of hydrogen-bond acceptors (Lipinski definition) is 10. The van der Waals surface area contributed by atoms with Gasteiger partial charge < -0.3 is 44.2 Å². The highest BCUT2D eigenvalue weighted by Crippen LogP contribution is 2.27. The van der Waals surface area contributed by atoms with E-state index >= 15 is 0 Å². The first kappa shape index (κ1) is 35.5. The minimum absolute atomic E-state index is 0.0835. The number of carbonyl (C=O) groups is 3. The van der Waals surface area contributed by atoms with Gasteiger partial charge in [0.05, 0.1) is 25.2 Å². The Kier molecular flexibility index (Phi) is 13.2. The number of aliphatic hydroxyl groups is 3. The standard InChI is InChI=1S/C32H51N3O9/c1-22(21-42-30(39)35-14-12-26(37)20-35)7-6-8-23(2)29-24(3)9-10-27(43-31(40)34-17-15-33(5)16-18-34)32(4,41)13-11-25(36)19-28(38)44-29/h6-10,22,24-27,29,36-37,41H,11-21H2,1-5H3/b7-6+,10-9-,23-8+/t22-,24+,25+,26-,27+,29-,32+/m1/s1. The second-order valence-corrected chi connectivity index (χ2v) is 12.7. The van der Waals surface area contributed by atoms with Crippen LogP contribution in [0.25, 0.3) is 0 Å². The SMILES string of the molecule is C/C(=C\C=C\[C@@H](C)COC(=O)N1CC[C@@H](O)C1)[C@H]1OC(=O)C[C@@H](O)CC[C@](C)(O)[C@@H](OC(=O)N2CCN(C)CC2)/C=C\[C@@H]1C. The van der Waals surface area contributed by atoms with Gasteiger partial charge in [0.2, 0.25) is 0 Å². The summed E-state index contributed by atoms with van der Waals surface area (Å²) < 4.78 is 17.0. The fourth-order valence-corrected chi connectivity index (χ4v) is 5.37. The van der Waals surface area contributed by atoms with Crippen LogP contribution in [0.2, 0.25) is 0 Å². The number of cyclic esters (lactones) is 1. The minimum Gasteiger partial charge on any atom is -0.457 e. The summed E-state index contributed by atoms with van der Waals surface area (Å²) in [4.78, 5) is 43.2. The summed E-state index contributed by atoms with van der Waals surface area (Å²) in [5.41, 5.74) is -0.730. The van der Waals surface area contributed by atoms with E-state index in [0.717, 1.165) is 18.7 Å². The van der Waals surface area contributed by atoms with Crippen LogP contribution < -0.4 is 0 Å². The molecule has 0 radical (unpaired) electrons. The van der Waals surface area contributed by atoms with Gasteiger partial charge in [-0.1, -0.05) is 38.2 Å². The second kappa shape index (κ2) is 16.4. The number of likely N-dealkylation sites (N-methyl/N-ethyl adjacent to an activating group) is 1. The van der Waals surface area contributed by atoms with Crippen LogP contribution in [0.15, 0.2) is 36.0 Å². The molecule has 0 bridgehead atoms. The second-order valence-electron chi connectivity index (χ2n) is 12.7. The summed E-state index contributed by atoms with van der Waals surface area (Å²) in [7, 11) is 1.99. The van der Waals surface area contributed by atoms with Crippen molar-refractivity contribution in [3.63, 3.8) is 0 Å². The topological polar surface area (TPSA) is 149 Å². The van der Waals surface area contributed by atoms with Crippen molar-refractivity contribution in [3.8, 4) is 0 Å². The van der Waals surface area contributed by atoms with Crippen molar-refractivity contribution in [1.82, 2.24) is 14.7 Å². The molecule has 0 unspecified atom stereocenters. The number of carbonyl (C=O) groups excluding carboxylic acids is 3. The zero-order valence-electron chi connectivity index (χ0n) is 26.8. The molecule has 7 atom stereocenters. The molecule has 3 aliphatic rings. The van der Waals surface area contributed by atoms with Gasteiger partial charge >= 0.3 is 18.2 Å². The molecule has 12 heteroatoms. The largest absolute Gasteiger partial charge is 0.457 e. The van der Waals surface area contributed by atoms with Crippen molar-refractivity contribution in [3.05, 3.63) is 36.0 Å². The third-order valence-electron chi connectivity index (χ3n) is 8.45. The van der Waals surface area contributed by atoms with E-state index in [2.05, 4.69) is 4.90 Å². The van der Waals surface area contributed by atoms with Crippen LogP contribution in [0.4, 0.5) is 9.59 Å². The number of hydrogen-bond donors (Lipinski definition) is 3. The number of rotatable bonds is 6. The van der Waals surface area contributed by atoms with Gasteiger partial charge in [-0.15, -0.1) is 0 Å². The van der Waals surface area contributed by atoms with Gasteiger partial charge in [-0.3, -0.25) is 4.79 Å². The Balaban J connectivity index is 1.70. The number of piperazine rings is 1. The molecule has 248 valence electrons. The zero-order chi connectivity index (χ0) is 32.4. The van der Waals surface area contributed by atoms with Gasteiger partial charge in [0.1, 0.15) is 11.7 Å². The van der Waals surface area contributed by atoms with Crippen LogP contribution >= 0.6 is 0 Å². The average Bonchev–Trinajstić information content (AvgIpc) is 3.41. The van der Waals surface area contributed by atoms with E-state index in [-0.39, 0.29) is 44.2 Å². The summed E-state index contributed by atoms with van der Waals surface area (Å²) in [6.45, 7) is 10.6. The van der Waals surface area contributed by atoms with Crippen molar-refractivity contribution in [2.24, 2.45) is 11.8 Å². The molecule has 3 N–H and O–H groups in total. The smallest absolute Gasteiger partial charge is 0.410 e. The van der Waals surface area contributed by atoms with Gasteiger partial charge in [-0.05, 0) is 51.8 Å². The minimum atomic E-state index is -1.47. The van der Waals surface area contributed by atoms with E-state index < -0.39 is 48.2 Å². The molecule has 0 aromatic heterocycles. The third-order valence-corrected chi connectivity index (χ3v) is 8.45. The Labute approximate surface area is 260 Å². The fraction of sp³-hybridized carbons (Fsp3) is 0.719. The Morgan fingerprint density at radius 3 is 2.45 bits per heavy atom. The quantitative estimate of drug-likeness (QED) is 0.175. The molecule has 3 aliphatic heterocycles. The van der Waals surface area contributed by atoms with Gasteiger partial charge in [0.15, 0.2) is 6.10 Å². The monoisotopic (exact) mass is 621 g/mol. The van der Waals surface area contributed by atoms with Crippen molar-refractivity contribution in [2.75, 3.05) is 52.9 Å². The average molecular weight is 622 g/mol. The summed E-state index contributed by atoms with van der Waals surface area (Å²) in [6.07, 6.45) is 5.36. The lowest BCUT2D eigenvalue weighted by molar-refractivity contribution is -0.151. The predicted octanol–water partition coefficient (Wildman–Crippen LogP) is 2.48. The summed E-state index contributed by atoms with van der Waals surface area (Å²) >= 11 is 0. The first-order valence-corrected chi connectivity index (χ1v) is 15.6. The molecule has 0 saturated carbocycles. The molecule has 44 heavy (non-hydrogen) atoms. The molecule has 2 amide bonds. The number of amides is 2. The number of ether oxygens (including phenoxy) is 3. The molecule has 0 spiro atoms. The number of aliphatic hydroxyl groups excluding tert-OH is 2. The Morgan fingerprint density at radius 2 is 1.80 bits per heavy atom. The normalized spacial score (nSPS) is 32.9. The van der Waals surface area contributed by atoms with Crippen molar-refractivity contribution < 1.29 is 43.9 Å². The van der Waals surface area contributed by atoms with E-state index in [0.29, 0.717) is 26.1 Å². The van der Waals surface area contributed by atoms with Crippen molar-refractivity contribution >= 4 is 18.2 Å². The molecule has 2 saturated heterocycles. The maximum Gasteiger partial charge on any atom is 0.410 e. The number of nitrogens with zero attached hydrogens (tertiary/aromatic N) is 3. The number of likely N-dealkylation sites (tertiary alicyclic amines) is 1. The highest BCUT2D eigenvalue weighted by Gasteiger charge is 2.37. The van der Waals surface area contributed by atoms with E-state index in [1.54, 1.807) is 24.0 Å². The molecular weight excluding hydrogens is 570 g/mol. The van der Waals surface area contributed by atoms with Crippen molar-refractivity contribution in [2.45, 2.75) is 83.4 Å². The van der Waals surface area contributed by atoms with Gasteiger partial charge in [0.25, 0.3) is 0 Å². The summed E-state index contributed by atoms with van der Waals surface area (Å²) in [6, 6.07) is 0. The summed E-state index contributed by atoms with van der Waals surface area (Å²) in [5, 5.41) is 31.5. The Bertz CT molecular complexity index is 1070. The van der Waals surface area contributed by atoms with Gasteiger partial charge in [-0.2, -0.15) is 0 Å². The number of esters is 1. The Hall–Kier alpha value is -2.93. The summed E-state index contributed by atoms with van der Waals surface area (Å²) in [5.74, 6) is -0.986. The van der Waals surface area contributed by atoms with Crippen LogP contribution in [0.5, 0.6) is 0 Å². The molecule has 3 rings (SSSR count). The van der Waals surface area contributed by atoms with Crippen molar-refractivity contribution in [1.29, 1.82) is 0 Å². The highest BCUT2D eigenvalue weighted by atomic mass is 16.6. The lowest BCUT2D eigenvalue weighted by atomic mass is 9.89.